The molecule has 28 heavy (non-hydrogen) atoms. The van der Waals surface area contributed by atoms with Crippen LogP contribution in [0.4, 0.5) is 11.4 Å². The van der Waals surface area contributed by atoms with Gasteiger partial charge in [0.25, 0.3) is 0 Å². The minimum Gasteiger partial charge on any atom is -0.494 e. The Labute approximate surface area is 166 Å². The molecule has 1 saturated heterocycles. The van der Waals surface area contributed by atoms with Gasteiger partial charge in [0.15, 0.2) is 0 Å². The summed E-state index contributed by atoms with van der Waals surface area (Å²) in [7, 11) is 0. The molecular formula is C23H28N2O3. The van der Waals surface area contributed by atoms with Gasteiger partial charge in [0.05, 0.1) is 12.5 Å². The molecule has 5 heteroatoms. The van der Waals surface area contributed by atoms with Gasteiger partial charge in [-0.05, 0) is 55.2 Å². The second-order valence-electron chi connectivity index (χ2n) is 7.20. The van der Waals surface area contributed by atoms with Crippen molar-refractivity contribution in [2.75, 3.05) is 23.4 Å². The van der Waals surface area contributed by atoms with Gasteiger partial charge in [-0.1, -0.05) is 32.0 Å². The molecular weight excluding hydrogens is 352 g/mol. The zero-order valence-corrected chi connectivity index (χ0v) is 16.8. The van der Waals surface area contributed by atoms with Crippen LogP contribution in [0.2, 0.25) is 0 Å². The number of carbonyl (C=O) groups is 2. The van der Waals surface area contributed by atoms with Crippen LogP contribution in [-0.4, -0.2) is 25.0 Å². The third kappa shape index (κ3) is 4.35. The number of anilines is 2. The summed E-state index contributed by atoms with van der Waals surface area (Å²) in [6, 6.07) is 13.5. The van der Waals surface area contributed by atoms with Gasteiger partial charge in [0, 0.05) is 24.3 Å². The smallest absolute Gasteiger partial charge is 0.229 e. The molecule has 148 valence electrons. The predicted octanol–water partition coefficient (Wildman–Crippen LogP) is 4.34. The van der Waals surface area contributed by atoms with Gasteiger partial charge in [-0.15, -0.1) is 0 Å². The maximum Gasteiger partial charge on any atom is 0.229 e. The van der Waals surface area contributed by atoms with Crippen molar-refractivity contribution in [3.05, 3.63) is 53.6 Å². The lowest BCUT2D eigenvalue weighted by molar-refractivity contribution is -0.122. The molecule has 1 aliphatic rings. The number of amides is 2. The van der Waals surface area contributed by atoms with Gasteiger partial charge in [0.1, 0.15) is 5.75 Å². The quantitative estimate of drug-likeness (QED) is 0.777. The number of rotatable bonds is 7. The van der Waals surface area contributed by atoms with Crippen molar-refractivity contribution >= 4 is 23.2 Å². The van der Waals surface area contributed by atoms with E-state index in [1.54, 1.807) is 4.90 Å². The molecule has 1 aliphatic heterocycles. The Morgan fingerprint density at radius 2 is 1.93 bits per heavy atom. The second-order valence-corrected chi connectivity index (χ2v) is 7.20. The predicted molar refractivity (Wildman–Crippen MR) is 112 cm³/mol. The SMILES string of the molecule is CCCOc1ccc(N2C[C@@H](C(=O)Nc3c(C)cccc3CC)CC2=O)cc1. The molecule has 0 radical (unpaired) electrons. The number of benzene rings is 2. The van der Waals surface area contributed by atoms with Crippen LogP contribution >= 0.6 is 0 Å². The maximum absolute atomic E-state index is 12.8. The van der Waals surface area contributed by atoms with Crippen molar-refractivity contribution in [3.63, 3.8) is 0 Å². The van der Waals surface area contributed by atoms with Crippen molar-refractivity contribution in [1.82, 2.24) is 0 Å². The standard InChI is InChI=1S/C23H28N2O3/c1-4-13-28-20-11-9-19(10-12-20)25-15-18(14-21(25)26)23(27)24-22-16(3)7-6-8-17(22)5-2/h6-12,18H,4-5,13-15H2,1-3H3,(H,24,27)/t18-/m0/s1. The molecule has 0 saturated carbocycles. The number of para-hydroxylation sites is 1. The van der Waals surface area contributed by atoms with Gasteiger partial charge in [0.2, 0.25) is 11.8 Å². The van der Waals surface area contributed by atoms with Crippen molar-refractivity contribution in [2.45, 2.75) is 40.0 Å². The molecule has 2 aromatic rings. The average molecular weight is 380 g/mol. The summed E-state index contributed by atoms with van der Waals surface area (Å²) in [5.41, 5.74) is 3.82. The van der Waals surface area contributed by atoms with E-state index >= 15 is 0 Å². The first-order chi connectivity index (χ1) is 13.5. The molecule has 0 spiro atoms. The van der Waals surface area contributed by atoms with E-state index in [0.717, 1.165) is 41.1 Å². The number of ether oxygens (including phenoxy) is 1. The Kier molecular flexibility index (Phi) is 6.34. The van der Waals surface area contributed by atoms with Crippen molar-refractivity contribution in [2.24, 2.45) is 5.92 Å². The summed E-state index contributed by atoms with van der Waals surface area (Å²) in [5.74, 6) is 0.316. The highest BCUT2D eigenvalue weighted by Crippen LogP contribution is 2.29. The Morgan fingerprint density at radius 3 is 2.61 bits per heavy atom. The molecule has 2 aromatic carbocycles. The first-order valence-corrected chi connectivity index (χ1v) is 9.96. The van der Waals surface area contributed by atoms with E-state index in [2.05, 4.69) is 19.2 Å². The molecule has 1 atom stereocenters. The van der Waals surface area contributed by atoms with E-state index in [1.165, 1.54) is 0 Å². The average Bonchev–Trinajstić information content (AvgIpc) is 3.10. The van der Waals surface area contributed by atoms with Crippen LogP contribution in [-0.2, 0) is 16.0 Å². The molecule has 0 aromatic heterocycles. The van der Waals surface area contributed by atoms with E-state index in [-0.39, 0.29) is 24.2 Å². The molecule has 0 aliphatic carbocycles. The molecule has 1 fully saturated rings. The molecule has 2 amide bonds. The normalized spacial score (nSPS) is 16.3. The zero-order chi connectivity index (χ0) is 20.1. The minimum atomic E-state index is -0.354. The van der Waals surface area contributed by atoms with E-state index in [4.69, 9.17) is 4.74 Å². The molecule has 0 bridgehead atoms. The van der Waals surface area contributed by atoms with Crippen LogP contribution in [0.25, 0.3) is 0 Å². The van der Waals surface area contributed by atoms with Gasteiger partial charge in [-0.25, -0.2) is 0 Å². The van der Waals surface area contributed by atoms with Crippen LogP contribution in [0.3, 0.4) is 0 Å². The van der Waals surface area contributed by atoms with Crippen molar-refractivity contribution in [1.29, 1.82) is 0 Å². The third-order valence-electron chi connectivity index (χ3n) is 5.11. The fraction of sp³-hybridized carbons (Fsp3) is 0.391. The zero-order valence-electron chi connectivity index (χ0n) is 16.8. The van der Waals surface area contributed by atoms with Crippen LogP contribution in [0.5, 0.6) is 5.75 Å². The summed E-state index contributed by atoms with van der Waals surface area (Å²) < 4.78 is 5.59. The number of nitrogens with one attached hydrogen (secondary N) is 1. The van der Waals surface area contributed by atoms with E-state index in [1.807, 2.05) is 49.4 Å². The highest BCUT2D eigenvalue weighted by molar-refractivity contribution is 6.04. The Balaban J connectivity index is 1.68. The van der Waals surface area contributed by atoms with Gasteiger partial charge in [-0.2, -0.15) is 0 Å². The van der Waals surface area contributed by atoms with Gasteiger partial charge < -0.3 is 15.0 Å². The molecule has 1 heterocycles. The molecule has 3 rings (SSSR count). The van der Waals surface area contributed by atoms with E-state index in [0.29, 0.717) is 13.2 Å². The number of hydrogen-bond acceptors (Lipinski definition) is 3. The van der Waals surface area contributed by atoms with Crippen LogP contribution < -0.4 is 15.0 Å². The van der Waals surface area contributed by atoms with Gasteiger partial charge >= 0.3 is 0 Å². The lowest BCUT2D eigenvalue weighted by Gasteiger charge is -2.18. The number of carbonyl (C=O) groups excluding carboxylic acids is 2. The summed E-state index contributed by atoms with van der Waals surface area (Å²) in [4.78, 5) is 27.0. The first kappa shape index (κ1) is 19.9. The highest BCUT2D eigenvalue weighted by atomic mass is 16.5. The highest BCUT2D eigenvalue weighted by Gasteiger charge is 2.35. The first-order valence-electron chi connectivity index (χ1n) is 9.96. The molecule has 0 unspecified atom stereocenters. The largest absolute Gasteiger partial charge is 0.494 e. The summed E-state index contributed by atoms with van der Waals surface area (Å²) in [6.45, 7) is 7.18. The second kappa shape index (κ2) is 8.91. The lowest BCUT2D eigenvalue weighted by Crippen LogP contribution is -2.28. The maximum atomic E-state index is 12.8. The lowest BCUT2D eigenvalue weighted by atomic mass is 10.0. The Hall–Kier alpha value is -2.82. The van der Waals surface area contributed by atoms with Gasteiger partial charge in [-0.3, -0.25) is 9.59 Å². The summed E-state index contributed by atoms with van der Waals surface area (Å²) in [5, 5.41) is 3.06. The number of hydrogen-bond donors (Lipinski definition) is 1. The number of aryl methyl sites for hydroxylation is 2. The fourth-order valence-corrected chi connectivity index (χ4v) is 3.50. The fourth-order valence-electron chi connectivity index (χ4n) is 3.50. The van der Waals surface area contributed by atoms with Crippen molar-refractivity contribution < 1.29 is 14.3 Å². The van der Waals surface area contributed by atoms with E-state index < -0.39 is 0 Å². The van der Waals surface area contributed by atoms with Crippen LogP contribution in [0.1, 0.15) is 37.8 Å². The minimum absolute atomic E-state index is 0.0251. The topological polar surface area (TPSA) is 58.6 Å². The third-order valence-corrected chi connectivity index (χ3v) is 5.11. The Morgan fingerprint density at radius 1 is 1.18 bits per heavy atom. The summed E-state index contributed by atoms with van der Waals surface area (Å²) >= 11 is 0. The van der Waals surface area contributed by atoms with Crippen molar-refractivity contribution in [3.8, 4) is 5.75 Å². The van der Waals surface area contributed by atoms with Crippen LogP contribution in [0.15, 0.2) is 42.5 Å². The Bertz CT molecular complexity index is 845. The molecule has 1 N–H and O–H groups in total. The molecule has 5 nitrogen and oxygen atoms in total. The monoisotopic (exact) mass is 380 g/mol. The summed E-state index contributed by atoms with van der Waals surface area (Å²) in [6.07, 6.45) is 2.02. The van der Waals surface area contributed by atoms with E-state index in [9.17, 15) is 9.59 Å². The number of nitrogens with zero attached hydrogens (tertiary/aromatic N) is 1. The van der Waals surface area contributed by atoms with Crippen LogP contribution in [0, 0.1) is 12.8 Å².